The molecule has 1 aromatic carbocycles. The number of rotatable bonds is 6. The van der Waals surface area contributed by atoms with Gasteiger partial charge < -0.3 is 19.7 Å². The van der Waals surface area contributed by atoms with Gasteiger partial charge in [0.05, 0.1) is 6.54 Å². The van der Waals surface area contributed by atoms with E-state index < -0.39 is 0 Å². The SMILES string of the molecule is COC(CNc1ccc(C(=O)N(C)C)cc1)OC. The minimum atomic E-state index is -0.284. The Bertz CT molecular complexity index is 372. The van der Waals surface area contributed by atoms with Gasteiger partial charge in [0.2, 0.25) is 0 Å². The molecule has 0 aliphatic rings. The highest BCUT2D eigenvalue weighted by Crippen LogP contribution is 2.11. The summed E-state index contributed by atoms with van der Waals surface area (Å²) >= 11 is 0. The average molecular weight is 252 g/mol. The fraction of sp³-hybridized carbons (Fsp3) is 0.462. The van der Waals surface area contributed by atoms with Crippen LogP contribution in [0.4, 0.5) is 5.69 Å². The molecule has 100 valence electrons. The van der Waals surface area contributed by atoms with Crippen molar-refractivity contribution in [3.05, 3.63) is 29.8 Å². The van der Waals surface area contributed by atoms with Crippen LogP contribution in [-0.4, -0.2) is 52.0 Å². The van der Waals surface area contributed by atoms with Gasteiger partial charge in [0.1, 0.15) is 0 Å². The minimum Gasteiger partial charge on any atom is -0.380 e. The van der Waals surface area contributed by atoms with Crippen LogP contribution in [-0.2, 0) is 9.47 Å². The van der Waals surface area contributed by atoms with Crippen LogP contribution < -0.4 is 5.32 Å². The smallest absolute Gasteiger partial charge is 0.253 e. The summed E-state index contributed by atoms with van der Waals surface area (Å²) in [6, 6.07) is 7.30. The molecule has 5 nitrogen and oxygen atoms in total. The van der Waals surface area contributed by atoms with E-state index in [1.54, 1.807) is 45.3 Å². The summed E-state index contributed by atoms with van der Waals surface area (Å²) in [5.74, 6) is -0.00629. The Balaban J connectivity index is 2.58. The number of hydrogen-bond donors (Lipinski definition) is 1. The fourth-order valence-electron chi connectivity index (χ4n) is 1.45. The van der Waals surface area contributed by atoms with Gasteiger partial charge >= 0.3 is 0 Å². The number of anilines is 1. The summed E-state index contributed by atoms with van der Waals surface area (Å²) in [7, 11) is 6.65. The molecule has 0 unspecified atom stereocenters. The molecule has 5 heteroatoms. The molecule has 0 aliphatic carbocycles. The fourth-order valence-corrected chi connectivity index (χ4v) is 1.45. The maximum absolute atomic E-state index is 11.7. The zero-order chi connectivity index (χ0) is 13.5. The number of nitrogens with zero attached hydrogens (tertiary/aromatic N) is 1. The van der Waals surface area contributed by atoms with Crippen molar-refractivity contribution in [3.63, 3.8) is 0 Å². The molecule has 1 aromatic rings. The third-order valence-electron chi connectivity index (χ3n) is 2.54. The monoisotopic (exact) mass is 252 g/mol. The van der Waals surface area contributed by atoms with Crippen molar-refractivity contribution in [2.24, 2.45) is 0 Å². The van der Waals surface area contributed by atoms with E-state index in [9.17, 15) is 4.79 Å². The molecule has 0 saturated carbocycles. The summed E-state index contributed by atoms with van der Waals surface area (Å²) in [6.07, 6.45) is -0.284. The highest BCUT2D eigenvalue weighted by molar-refractivity contribution is 5.94. The number of methoxy groups -OCH3 is 2. The molecule has 1 amide bonds. The maximum atomic E-state index is 11.7. The van der Waals surface area contributed by atoms with Crippen molar-refractivity contribution in [3.8, 4) is 0 Å². The summed E-state index contributed by atoms with van der Waals surface area (Å²) in [5, 5.41) is 3.17. The van der Waals surface area contributed by atoms with Gasteiger partial charge in [-0.15, -0.1) is 0 Å². The predicted molar refractivity (Wildman–Crippen MR) is 70.8 cm³/mol. The van der Waals surface area contributed by atoms with Crippen LogP contribution in [0.25, 0.3) is 0 Å². The molecule has 0 radical (unpaired) electrons. The molecular weight excluding hydrogens is 232 g/mol. The zero-order valence-electron chi connectivity index (χ0n) is 11.3. The average Bonchev–Trinajstić information content (AvgIpc) is 2.39. The van der Waals surface area contributed by atoms with Crippen LogP contribution in [0.3, 0.4) is 0 Å². The highest BCUT2D eigenvalue weighted by Gasteiger charge is 2.08. The number of carbonyl (C=O) groups is 1. The van der Waals surface area contributed by atoms with Crippen molar-refractivity contribution in [1.82, 2.24) is 4.90 Å². The highest BCUT2D eigenvalue weighted by atomic mass is 16.7. The van der Waals surface area contributed by atoms with Crippen LogP contribution in [0.15, 0.2) is 24.3 Å². The molecule has 0 spiro atoms. The zero-order valence-corrected chi connectivity index (χ0v) is 11.3. The number of amides is 1. The number of benzene rings is 1. The molecule has 0 bridgehead atoms. The van der Waals surface area contributed by atoms with Crippen molar-refractivity contribution in [1.29, 1.82) is 0 Å². The van der Waals surface area contributed by atoms with E-state index in [-0.39, 0.29) is 12.2 Å². The van der Waals surface area contributed by atoms with Gasteiger partial charge in [-0.25, -0.2) is 0 Å². The molecular formula is C13H20N2O3. The molecule has 1 N–H and O–H groups in total. The van der Waals surface area contributed by atoms with Gasteiger partial charge in [0, 0.05) is 39.6 Å². The Morgan fingerprint density at radius 3 is 2.22 bits per heavy atom. The first-order valence-electron chi connectivity index (χ1n) is 5.69. The van der Waals surface area contributed by atoms with E-state index in [0.29, 0.717) is 12.1 Å². The van der Waals surface area contributed by atoms with Crippen LogP contribution in [0.5, 0.6) is 0 Å². The Morgan fingerprint density at radius 1 is 1.22 bits per heavy atom. The molecule has 0 atom stereocenters. The van der Waals surface area contributed by atoms with E-state index >= 15 is 0 Å². The lowest BCUT2D eigenvalue weighted by molar-refractivity contribution is -0.0914. The standard InChI is InChI=1S/C13H20N2O3/c1-15(2)13(16)10-5-7-11(8-6-10)14-9-12(17-3)18-4/h5-8,12,14H,9H2,1-4H3. The lowest BCUT2D eigenvalue weighted by Crippen LogP contribution is -2.24. The lowest BCUT2D eigenvalue weighted by Gasteiger charge is -2.15. The molecule has 0 aliphatic heterocycles. The normalized spacial score (nSPS) is 10.5. The Kier molecular flexibility index (Phi) is 5.61. The van der Waals surface area contributed by atoms with Crippen molar-refractivity contribution in [2.75, 3.05) is 40.2 Å². The van der Waals surface area contributed by atoms with E-state index in [4.69, 9.17) is 9.47 Å². The minimum absolute atomic E-state index is 0.00629. The van der Waals surface area contributed by atoms with E-state index in [1.807, 2.05) is 12.1 Å². The molecule has 1 rings (SSSR count). The van der Waals surface area contributed by atoms with Crippen LogP contribution in [0.1, 0.15) is 10.4 Å². The van der Waals surface area contributed by atoms with Crippen molar-refractivity contribution < 1.29 is 14.3 Å². The van der Waals surface area contributed by atoms with Gasteiger partial charge in [-0.2, -0.15) is 0 Å². The second-order valence-corrected chi connectivity index (χ2v) is 4.06. The van der Waals surface area contributed by atoms with Gasteiger partial charge in [0.15, 0.2) is 6.29 Å². The van der Waals surface area contributed by atoms with Gasteiger partial charge in [-0.05, 0) is 24.3 Å². The van der Waals surface area contributed by atoms with Crippen molar-refractivity contribution in [2.45, 2.75) is 6.29 Å². The molecule has 0 aromatic heterocycles. The van der Waals surface area contributed by atoms with Gasteiger partial charge in [-0.3, -0.25) is 4.79 Å². The van der Waals surface area contributed by atoms with E-state index in [2.05, 4.69) is 5.32 Å². The quantitative estimate of drug-likeness (QED) is 0.778. The topological polar surface area (TPSA) is 50.8 Å². The number of hydrogen-bond acceptors (Lipinski definition) is 4. The van der Waals surface area contributed by atoms with Gasteiger partial charge in [-0.1, -0.05) is 0 Å². The summed E-state index contributed by atoms with van der Waals surface area (Å²) in [6.45, 7) is 0.550. The lowest BCUT2D eigenvalue weighted by atomic mass is 10.2. The first kappa shape index (κ1) is 14.5. The first-order valence-corrected chi connectivity index (χ1v) is 5.69. The van der Waals surface area contributed by atoms with Crippen molar-refractivity contribution >= 4 is 11.6 Å². The van der Waals surface area contributed by atoms with Crippen LogP contribution in [0.2, 0.25) is 0 Å². The maximum Gasteiger partial charge on any atom is 0.253 e. The number of ether oxygens (including phenoxy) is 2. The second-order valence-electron chi connectivity index (χ2n) is 4.06. The molecule has 18 heavy (non-hydrogen) atoms. The first-order chi connectivity index (χ1) is 8.58. The summed E-state index contributed by atoms with van der Waals surface area (Å²) < 4.78 is 10.1. The Morgan fingerprint density at radius 2 is 1.78 bits per heavy atom. The largest absolute Gasteiger partial charge is 0.380 e. The second kappa shape index (κ2) is 6.98. The summed E-state index contributed by atoms with van der Waals surface area (Å²) in [5.41, 5.74) is 1.59. The van der Waals surface area contributed by atoms with E-state index in [1.165, 1.54) is 0 Å². The molecule has 0 heterocycles. The third kappa shape index (κ3) is 4.01. The Labute approximate surface area is 108 Å². The van der Waals surface area contributed by atoms with Crippen LogP contribution >= 0.6 is 0 Å². The van der Waals surface area contributed by atoms with Crippen LogP contribution in [0, 0.1) is 0 Å². The third-order valence-corrected chi connectivity index (χ3v) is 2.54. The predicted octanol–water partition coefficient (Wildman–Crippen LogP) is 1.42. The van der Waals surface area contributed by atoms with Gasteiger partial charge in [0.25, 0.3) is 5.91 Å². The summed E-state index contributed by atoms with van der Waals surface area (Å²) in [4.78, 5) is 13.2. The number of carbonyl (C=O) groups excluding carboxylic acids is 1. The molecule has 0 saturated heterocycles. The van der Waals surface area contributed by atoms with E-state index in [0.717, 1.165) is 5.69 Å². The number of nitrogens with one attached hydrogen (secondary N) is 1. The Hall–Kier alpha value is -1.59. The molecule has 0 fully saturated rings.